The third-order valence-electron chi connectivity index (χ3n) is 4.13. The molecule has 0 saturated carbocycles. The Kier molecular flexibility index (Phi) is 4.53. The van der Waals surface area contributed by atoms with Crippen molar-refractivity contribution < 1.29 is 0 Å². The molecule has 116 valence electrons. The lowest BCUT2D eigenvalue weighted by Crippen LogP contribution is -2.27. The number of rotatable bonds is 5. The highest BCUT2D eigenvalue weighted by Crippen LogP contribution is 2.20. The molecule has 0 spiro atoms. The molecule has 1 aliphatic rings. The first-order valence-corrected chi connectivity index (χ1v) is 7.89. The molecule has 22 heavy (non-hydrogen) atoms. The highest BCUT2D eigenvalue weighted by atomic mass is 15.2. The fourth-order valence-corrected chi connectivity index (χ4v) is 2.93. The van der Waals surface area contributed by atoms with Gasteiger partial charge in [-0.3, -0.25) is 4.90 Å². The second kappa shape index (κ2) is 6.75. The zero-order chi connectivity index (χ0) is 15.4. The molecule has 1 atom stereocenters. The molecule has 0 radical (unpaired) electrons. The predicted molar refractivity (Wildman–Crippen MR) is 89.6 cm³/mol. The molecule has 1 aromatic carbocycles. The maximum absolute atomic E-state index is 5.71. The molecule has 0 amide bonds. The lowest BCUT2D eigenvalue weighted by atomic mass is 10.2. The van der Waals surface area contributed by atoms with Gasteiger partial charge in [0.15, 0.2) is 0 Å². The van der Waals surface area contributed by atoms with Crippen LogP contribution in [0.3, 0.4) is 0 Å². The van der Waals surface area contributed by atoms with E-state index in [0.29, 0.717) is 12.0 Å². The van der Waals surface area contributed by atoms with Crippen LogP contribution in [0.25, 0.3) is 0 Å². The van der Waals surface area contributed by atoms with Gasteiger partial charge in [-0.2, -0.15) is 4.98 Å². The summed E-state index contributed by atoms with van der Waals surface area (Å²) in [7, 11) is 0. The molecule has 1 fully saturated rings. The molecule has 5 heteroatoms. The van der Waals surface area contributed by atoms with Gasteiger partial charge in [0, 0.05) is 37.4 Å². The van der Waals surface area contributed by atoms with Crippen LogP contribution in [0.2, 0.25) is 0 Å². The quantitative estimate of drug-likeness (QED) is 0.886. The molecule has 2 heterocycles. The normalized spacial score (nSPS) is 18.5. The van der Waals surface area contributed by atoms with E-state index in [0.717, 1.165) is 43.9 Å². The first kappa shape index (κ1) is 14.8. The number of nitrogens with zero attached hydrogens (tertiary/aromatic N) is 3. The molecule has 0 unspecified atom stereocenters. The topological polar surface area (TPSA) is 67.1 Å². The summed E-state index contributed by atoms with van der Waals surface area (Å²) in [5, 5.41) is 3.54. The zero-order valence-corrected chi connectivity index (χ0v) is 13.0. The highest BCUT2D eigenvalue weighted by Gasteiger charge is 2.23. The van der Waals surface area contributed by atoms with E-state index in [1.54, 1.807) is 0 Å². The van der Waals surface area contributed by atoms with Crippen molar-refractivity contribution in [1.29, 1.82) is 0 Å². The van der Waals surface area contributed by atoms with Gasteiger partial charge >= 0.3 is 0 Å². The van der Waals surface area contributed by atoms with E-state index in [9.17, 15) is 0 Å². The average Bonchev–Trinajstić information content (AvgIpc) is 2.96. The Bertz CT molecular complexity index is 614. The van der Waals surface area contributed by atoms with Crippen LogP contribution in [-0.4, -0.2) is 34.0 Å². The van der Waals surface area contributed by atoms with Crippen molar-refractivity contribution in [2.75, 3.05) is 24.1 Å². The van der Waals surface area contributed by atoms with Gasteiger partial charge in [-0.15, -0.1) is 0 Å². The van der Waals surface area contributed by atoms with Gasteiger partial charge in [0.25, 0.3) is 0 Å². The zero-order valence-electron chi connectivity index (χ0n) is 13.0. The number of anilines is 2. The van der Waals surface area contributed by atoms with Gasteiger partial charge in [0.2, 0.25) is 5.95 Å². The molecular weight excluding hydrogens is 274 g/mol. The highest BCUT2D eigenvalue weighted by molar-refractivity contribution is 5.47. The van der Waals surface area contributed by atoms with Crippen molar-refractivity contribution in [2.45, 2.75) is 32.4 Å². The van der Waals surface area contributed by atoms with Crippen LogP contribution >= 0.6 is 0 Å². The van der Waals surface area contributed by atoms with E-state index < -0.39 is 0 Å². The summed E-state index contributed by atoms with van der Waals surface area (Å²) in [6.45, 7) is 5.25. The lowest BCUT2D eigenvalue weighted by Gasteiger charge is -2.18. The fourth-order valence-electron chi connectivity index (χ4n) is 2.93. The van der Waals surface area contributed by atoms with Crippen molar-refractivity contribution in [3.05, 3.63) is 47.7 Å². The third kappa shape index (κ3) is 3.54. The monoisotopic (exact) mass is 297 g/mol. The summed E-state index contributed by atoms with van der Waals surface area (Å²) in [5.41, 5.74) is 8.20. The third-order valence-corrected chi connectivity index (χ3v) is 4.13. The molecule has 1 aromatic heterocycles. The minimum absolute atomic E-state index is 0.332. The van der Waals surface area contributed by atoms with Gasteiger partial charge in [-0.25, -0.2) is 4.98 Å². The van der Waals surface area contributed by atoms with Gasteiger partial charge in [0.1, 0.15) is 5.82 Å². The molecular formula is C17H23N5. The van der Waals surface area contributed by atoms with E-state index in [1.165, 1.54) is 5.56 Å². The Balaban J connectivity index is 1.60. The Morgan fingerprint density at radius 1 is 1.32 bits per heavy atom. The smallest absolute Gasteiger partial charge is 0.221 e. The summed E-state index contributed by atoms with van der Waals surface area (Å²) >= 11 is 0. The van der Waals surface area contributed by atoms with Crippen LogP contribution in [0.4, 0.5) is 11.8 Å². The fraction of sp³-hybridized carbons (Fsp3) is 0.412. The van der Waals surface area contributed by atoms with E-state index in [4.69, 9.17) is 5.73 Å². The van der Waals surface area contributed by atoms with Crippen molar-refractivity contribution in [2.24, 2.45) is 0 Å². The van der Waals surface area contributed by atoms with Crippen LogP contribution in [0.1, 0.15) is 24.5 Å². The van der Waals surface area contributed by atoms with E-state index in [-0.39, 0.29) is 0 Å². The van der Waals surface area contributed by atoms with Crippen molar-refractivity contribution in [3.8, 4) is 0 Å². The van der Waals surface area contributed by atoms with Crippen LogP contribution in [0.5, 0.6) is 0 Å². The number of hydrogen-bond donors (Lipinski definition) is 2. The number of likely N-dealkylation sites (tertiary alicyclic amines) is 1. The molecule has 3 rings (SSSR count). The van der Waals surface area contributed by atoms with E-state index >= 15 is 0 Å². The van der Waals surface area contributed by atoms with Gasteiger partial charge in [-0.1, -0.05) is 37.3 Å². The molecule has 1 saturated heterocycles. The number of nitrogen functional groups attached to an aromatic ring is 1. The molecule has 2 aromatic rings. The van der Waals surface area contributed by atoms with Gasteiger partial charge < -0.3 is 11.1 Å². The van der Waals surface area contributed by atoms with E-state index in [2.05, 4.69) is 57.4 Å². The average molecular weight is 297 g/mol. The number of aromatic nitrogens is 2. The predicted octanol–water partition coefficient (Wildman–Crippen LogP) is 2.31. The summed E-state index contributed by atoms with van der Waals surface area (Å²) in [5.74, 6) is 1.22. The number of hydrogen-bond acceptors (Lipinski definition) is 5. The maximum atomic E-state index is 5.71. The van der Waals surface area contributed by atoms with Gasteiger partial charge in [-0.05, 0) is 18.4 Å². The van der Waals surface area contributed by atoms with Gasteiger partial charge in [0.05, 0.1) is 0 Å². The number of nitrogens with two attached hydrogens (primary N) is 1. The summed E-state index contributed by atoms with van der Waals surface area (Å²) < 4.78 is 0. The minimum Gasteiger partial charge on any atom is -0.368 e. The Morgan fingerprint density at radius 2 is 2.14 bits per heavy atom. The SMILES string of the molecule is CCc1cnc(N)nc1N[C@@H]1CCN(Cc2ccccc2)C1. The first-order valence-electron chi connectivity index (χ1n) is 7.89. The molecule has 0 bridgehead atoms. The minimum atomic E-state index is 0.332. The summed E-state index contributed by atoms with van der Waals surface area (Å²) in [6.07, 6.45) is 3.85. The summed E-state index contributed by atoms with van der Waals surface area (Å²) in [4.78, 5) is 10.9. The number of benzene rings is 1. The second-order valence-corrected chi connectivity index (χ2v) is 5.81. The largest absolute Gasteiger partial charge is 0.368 e. The molecule has 0 aliphatic carbocycles. The van der Waals surface area contributed by atoms with Crippen molar-refractivity contribution in [3.63, 3.8) is 0 Å². The standard InChI is InChI=1S/C17H23N5/c1-2-14-10-19-17(18)21-16(14)20-15-8-9-22(12-15)11-13-6-4-3-5-7-13/h3-7,10,15H,2,8-9,11-12H2,1H3,(H3,18,19,20,21)/t15-/m1/s1. The Labute approximate surface area is 131 Å². The second-order valence-electron chi connectivity index (χ2n) is 5.81. The van der Waals surface area contributed by atoms with Crippen LogP contribution < -0.4 is 11.1 Å². The number of aryl methyl sites for hydroxylation is 1. The van der Waals surface area contributed by atoms with Crippen LogP contribution in [-0.2, 0) is 13.0 Å². The molecule has 1 aliphatic heterocycles. The van der Waals surface area contributed by atoms with Crippen LogP contribution in [0, 0.1) is 0 Å². The summed E-state index contributed by atoms with van der Waals surface area (Å²) in [6, 6.07) is 11.0. The van der Waals surface area contributed by atoms with E-state index in [1.807, 2.05) is 6.20 Å². The number of nitrogens with one attached hydrogen (secondary N) is 1. The maximum Gasteiger partial charge on any atom is 0.221 e. The first-order chi connectivity index (χ1) is 10.7. The van der Waals surface area contributed by atoms with Crippen LogP contribution in [0.15, 0.2) is 36.5 Å². The Morgan fingerprint density at radius 3 is 2.91 bits per heavy atom. The van der Waals surface area contributed by atoms with Crippen molar-refractivity contribution >= 4 is 11.8 Å². The molecule has 5 nitrogen and oxygen atoms in total. The van der Waals surface area contributed by atoms with Crippen molar-refractivity contribution in [1.82, 2.24) is 14.9 Å². The Hall–Kier alpha value is -2.14. The lowest BCUT2D eigenvalue weighted by molar-refractivity contribution is 0.328. The molecule has 3 N–H and O–H groups in total.